The second kappa shape index (κ2) is 9.09. The van der Waals surface area contributed by atoms with E-state index < -0.39 is 21.9 Å². The fourth-order valence-electron chi connectivity index (χ4n) is 3.10. The van der Waals surface area contributed by atoms with Gasteiger partial charge in [0, 0.05) is 37.5 Å². The van der Waals surface area contributed by atoms with Crippen LogP contribution in [0.4, 0.5) is 10.5 Å². The third kappa shape index (κ3) is 4.88. The van der Waals surface area contributed by atoms with Crippen LogP contribution in [0.15, 0.2) is 45.6 Å². The summed E-state index contributed by atoms with van der Waals surface area (Å²) in [4.78, 5) is 24.2. The van der Waals surface area contributed by atoms with Crippen molar-refractivity contribution in [3.63, 3.8) is 0 Å². The van der Waals surface area contributed by atoms with Crippen molar-refractivity contribution in [2.24, 2.45) is 0 Å². The summed E-state index contributed by atoms with van der Waals surface area (Å²) in [6, 6.07) is 11.4. The third-order valence-corrected chi connectivity index (χ3v) is 5.79. The van der Waals surface area contributed by atoms with Crippen LogP contribution in [-0.4, -0.2) is 28.6 Å². The molecule has 0 atom stereocenters. The molecule has 166 valence electrons. The summed E-state index contributed by atoms with van der Waals surface area (Å²) < 4.78 is 38.5. The Hall–Kier alpha value is -3.88. The van der Waals surface area contributed by atoms with Gasteiger partial charge in [0.25, 0.3) is 10.2 Å². The Morgan fingerprint density at radius 2 is 1.97 bits per heavy atom. The number of carbonyl (C=O) groups is 1. The van der Waals surface area contributed by atoms with Gasteiger partial charge in [-0.25, -0.2) is 14.3 Å². The van der Waals surface area contributed by atoms with E-state index in [1.54, 1.807) is 31.2 Å². The highest BCUT2D eigenvalue weighted by molar-refractivity contribution is 7.90. The number of nitriles is 1. The molecule has 1 amide bonds. The first-order valence-electron chi connectivity index (χ1n) is 9.37. The smallest absolute Gasteiger partial charge is 0.412 e. The molecule has 0 saturated carbocycles. The number of fused-ring (bicyclic) bond motifs is 1. The number of hydrogen-bond acceptors (Lipinski definition) is 7. The zero-order valence-corrected chi connectivity index (χ0v) is 18.3. The number of anilines is 1. The largest absolute Gasteiger partial charge is 0.422 e. The summed E-state index contributed by atoms with van der Waals surface area (Å²) in [6.07, 6.45) is -0.581. The molecule has 2 aromatic carbocycles. The molecule has 0 spiro atoms. The third-order valence-electron chi connectivity index (χ3n) is 4.74. The second-order valence-electron chi connectivity index (χ2n) is 6.78. The van der Waals surface area contributed by atoms with Crippen LogP contribution >= 0.6 is 0 Å². The zero-order valence-electron chi connectivity index (χ0n) is 17.5. The average molecular weight is 456 g/mol. The van der Waals surface area contributed by atoms with E-state index in [9.17, 15) is 23.3 Å². The van der Waals surface area contributed by atoms with Gasteiger partial charge in [-0.2, -0.15) is 13.7 Å². The molecule has 11 heteroatoms. The fraction of sp³-hybridized carbons (Fsp3) is 0.190. The van der Waals surface area contributed by atoms with Gasteiger partial charge in [0.05, 0.1) is 11.3 Å². The molecular formula is C21H20N4O6S. The maximum absolute atomic E-state index is 12.7. The molecule has 3 rings (SSSR count). The molecule has 32 heavy (non-hydrogen) atoms. The molecule has 0 fully saturated rings. The summed E-state index contributed by atoms with van der Waals surface area (Å²) in [7, 11) is -1.01. The zero-order chi connectivity index (χ0) is 23.5. The molecule has 10 nitrogen and oxygen atoms in total. The molecule has 0 aliphatic heterocycles. The molecule has 3 aromatic rings. The van der Waals surface area contributed by atoms with Gasteiger partial charge in [0.1, 0.15) is 11.7 Å². The highest BCUT2D eigenvalue weighted by Gasteiger charge is 2.17. The van der Waals surface area contributed by atoms with Gasteiger partial charge in [0.15, 0.2) is 5.75 Å². The molecule has 0 aliphatic rings. The van der Waals surface area contributed by atoms with Crippen molar-refractivity contribution in [3.8, 4) is 11.8 Å². The molecule has 1 heterocycles. The summed E-state index contributed by atoms with van der Waals surface area (Å²) in [5, 5.41) is 12.2. The minimum atomic E-state index is -3.68. The lowest BCUT2D eigenvalue weighted by molar-refractivity contribution is 0.203. The molecule has 0 aliphatic carbocycles. The predicted molar refractivity (Wildman–Crippen MR) is 118 cm³/mol. The lowest BCUT2D eigenvalue weighted by atomic mass is 9.98. The summed E-state index contributed by atoms with van der Waals surface area (Å²) >= 11 is 0. The Morgan fingerprint density at radius 1 is 1.22 bits per heavy atom. The van der Waals surface area contributed by atoms with E-state index in [4.69, 9.17) is 9.15 Å². The number of ether oxygens (including phenoxy) is 1. The minimum absolute atomic E-state index is 0.0285. The van der Waals surface area contributed by atoms with Crippen LogP contribution in [0.25, 0.3) is 11.0 Å². The monoisotopic (exact) mass is 456 g/mol. The molecule has 0 radical (unpaired) electrons. The second-order valence-corrected chi connectivity index (χ2v) is 8.39. The Balaban J connectivity index is 2.04. The number of nitrogens with one attached hydrogen (secondary N) is 3. The van der Waals surface area contributed by atoms with E-state index in [-0.39, 0.29) is 23.3 Å². The fourth-order valence-corrected chi connectivity index (χ4v) is 3.64. The van der Waals surface area contributed by atoms with Crippen LogP contribution < -0.4 is 25.1 Å². The van der Waals surface area contributed by atoms with Crippen LogP contribution in [0.5, 0.6) is 5.75 Å². The van der Waals surface area contributed by atoms with Crippen LogP contribution in [0.3, 0.4) is 0 Å². The molecule has 0 bridgehead atoms. The van der Waals surface area contributed by atoms with Crippen LogP contribution in [0.2, 0.25) is 0 Å². The minimum Gasteiger partial charge on any atom is -0.422 e. The van der Waals surface area contributed by atoms with Crippen molar-refractivity contribution >= 4 is 33.0 Å². The number of amides is 1. The SMILES string of the molecule is CNC(=O)Oc1cc2oc(=O)c(Cc3cccc(NS(=O)(=O)NC)c3)c(C)c2cc1C#N. The lowest BCUT2D eigenvalue weighted by Gasteiger charge is -2.12. The molecular weight excluding hydrogens is 436 g/mol. The number of nitrogens with zero attached hydrogens (tertiary/aromatic N) is 1. The van der Waals surface area contributed by atoms with E-state index in [1.165, 1.54) is 26.2 Å². The molecule has 0 unspecified atom stereocenters. The Bertz CT molecular complexity index is 1410. The van der Waals surface area contributed by atoms with E-state index in [0.29, 0.717) is 27.8 Å². The van der Waals surface area contributed by atoms with E-state index >= 15 is 0 Å². The number of rotatable bonds is 6. The van der Waals surface area contributed by atoms with E-state index in [0.717, 1.165) is 0 Å². The number of hydrogen-bond donors (Lipinski definition) is 3. The molecule has 1 aromatic heterocycles. The van der Waals surface area contributed by atoms with Crippen molar-refractivity contribution < 1.29 is 22.4 Å². The maximum Gasteiger partial charge on any atom is 0.412 e. The number of aryl methyl sites for hydroxylation is 1. The summed E-state index contributed by atoms with van der Waals surface area (Å²) in [5.74, 6) is -0.0285. The maximum atomic E-state index is 12.7. The predicted octanol–water partition coefficient (Wildman–Crippen LogP) is 2.16. The Labute approximate surface area is 184 Å². The quantitative estimate of drug-likeness (QED) is 0.481. The van der Waals surface area contributed by atoms with Gasteiger partial charge < -0.3 is 14.5 Å². The van der Waals surface area contributed by atoms with E-state index in [2.05, 4.69) is 14.8 Å². The van der Waals surface area contributed by atoms with Crippen molar-refractivity contribution in [2.45, 2.75) is 13.3 Å². The highest BCUT2D eigenvalue weighted by Crippen LogP contribution is 2.29. The summed E-state index contributed by atoms with van der Waals surface area (Å²) in [6.45, 7) is 1.72. The van der Waals surface area contributed by atoms with Crippen molar-refractivity contribution in [1.82, 2.24) is 10.0 Å². The normalized spacial score (nSPS) is 11.1. The van der Waals surface area contributed by atoms with Crippen molar-refractivity contribution in [2.75, 3.05) is 18.8 Å². The Kier molecular flexibility index (Phi) is 6.47. The van der Waals surface area contributed by atoms with Gasteiger partial charge in [-0.15, -0.1) is 0 Å². The van der Waals surface area contributed by atoms with Crippen LogP contribution in [-0.2, 0) is 16.6 Å². The summed E-state index contributed by atoms with van der Waals surface area (Å²) in [5.41, 5.74) is 1.65. The lowest BCUT2D eigenvalue weighted by Crippen LogP contribution is -2.26. The highest BCUT2D eigenvalue weighted by atomic mass is 32.2. The van der Waals surface area contributed by atoms with Gasteiger partial charge in [-0.1, -0.05) is 12.1 Å². The van der Waals surface area contributed by atoms with Gasteiger partial charge in [-0.05, 0) is 36.2 Å². The number of benzene rings is 2. The standard InChI is InChI=1S/C21H20N4O6S/c1-12-16-9-14(11-22)18(31-21(27)23-2)10-19(16)30-20(26)17(12)8-13-5-4-6-15(7-13)25-32(28,29)24-3/h4-7,9-10,24-25H,8H2,1-3H3,(H,23,27). The first-order valence-corrected chi connectivity index (χ1v) is 10.9. The average Bonchev–Trinajstić information content (AvgIpc) is 2.76. The topological polar surface area (TPSA) is 151 Å². The van der Waals surface area contributed by atoms with E-state index in [1.807, 2.05) is 6.07 Å². The van der Waals surface area contributed by atoms with Crippen LogP contribution in [0.1, 0.15) is 22.3 Å². The first-order chi connectivity index (χ1) is 15.2. The van der Waals surface area contributed by atoms with Crippen molar-refractivity contribution in [3.05, 3.63) is 69.1 Å². The van der Waals surface area contributed by atoms with Gasteiger partial charge in [0.2, 0.25) is 0 Å². The van der Waals surface area contributed by atoms with Gasteiger partial charge in [-0.3, -0.25) is 4.72 Å². The molecule has 0 saturated heterocycles. The van der Waals surface area contributed by atoms with Gasteiger partial charge >= 0.3 is 11.7 Å². The van der Waals surface area contributed by atoms with Crippen molar-refractivity contribution in [1.29, 1.82) is 5.26 Å². The first kappa shape index (κ1) is 22.8. The Morgan fingerprint density at radius 3 is 2.62 bits per heavy atom. The molecule has 3 N–H and O–H groups in total. The van der Waals surface area contributed by atoms with Crippen LogP contribution in [0, 0.1) is 18.3 Å². The number of carbonyl (C=O) groups excluding carboxylic acids is 1.